The first-order valence-corrected chi connectivity index (χ1v) is 5.26. The maximum absolute atomic E-state index is 5.66. The lowest BCUT2D eigenvalue weighted by molar-refractivity contribution is 0.298. The molecule has 16 heavy (non-hydrogen) atoms. The van der Waals surface area contributed by atoms with E-state index in [0.29, 0.717) is 18.1 Å². The van der Waals surface area contributed by atoms with Gasteiger partial charge in [-0.2, -0.15) is 4.52 Å². The highest BCUT2D eigenvalue weighted by Crippen LogP contribution is 2.22. The van der Waals surface area contributed by atoms with Crippen LogP contribution in [0.25, 0.3) is 5.65 Å². The van der Waals surface area contributed by atoms with Gasteiger partial charge in [0.15, 0.2) is 5.65 Å². The highest BCUT2D eigenvalue weighted by Gasteiger charge is 2.13. The second kappa shape index (κ2) is 3.96. The van der Waals surface area contributed by atoms with Gasteiger partial charge < -0.3 is 10.5 Å². The molecule has 2 heterocycles. The van der Waals surface area contributed by atoms with Gasteiger partial charge in [-0.05, 0) is 20.3 Å². The Morgan fingerprint density at radius 1 is 1.25 bits per heavy atom. The minimum absolute atomic E-state index is 0.277. The van der Waals surface area contributed by atoms with Crippen molar-refractivity contribution in [3.05, 3.63) is 11.1 Å². The topological polar surface area (TPSA) is 78.3 Å². The van der Waals surface area contributed by atoms with Gasteiger partial charge in [0.25, 0.3) is 0 Å². The Bertz CT molecular complexity index is 519. The van der Waals surface area contributed by atoms with Gasteiger partial charge in [-0.15, -0.1) is 15.3 Å². The van der Waals surface area contributed by atoms with Gasteiger partial charge in [-0.3, -0.25) is 0 Å². The highest BCUT2D eigenvalue weighted by atomic mass is 16.5. The molecule has 0 saturated heterocycles. The second-order valence-corrected chi connectivity index (χ2v) is 3.70. The third-order valence-electron chi connectivity index (χ3n) is 2.52. The number of ether oxygens (including phenoxy) is 1. The minimum atomic E-state index is 0.277. The number of aromatic nitrogens is 4. The van der Waals surface area contributed by atoms with E-state index in [-0.39, 0.29) is 5.95 Å². The number of aryl methyl sites for hydroxylation is 1. The summed E-state index contributed by atoms with van der Waals surface area (Å²) < 4.78 is 7.06. The molecule has 2 rings (SSSR count). The maximum atomic E-state index is 5.66. The first-order valence-electron chi connectivity index (χ1n) is 5.26. The Morgan fingerprint density at radius 2 is 2.00 bits per heavy atom. The molecular weight excluding hydrogens is 206 g/mol. The van der Waals surface area contributed by atoms with Crippen LogP contribution in [0.2, 0.25) is 0 Å². The summed E-state index contributed by atoms with van der Waals surface area (Å²) in [5, 5.41) is 12.0. The second-order valence-electron chi connectivity index (χ2n) is 3.70. The Morgan fingerprint density at radius 3 is 2.69 bits per heavy atom. The van der Waals surface area contributed by atoms with E-state index in [4.69, 9.17) is 10.5 Å². The third-order valence-corrected chi connectivity index (χ3v) is 2.52. The highest BCUT2D eigenvalue weighted by molar-refractivity contribution is 5.54. The molecule has 0 amide bonds. The molecule has 2 aromatic rings. The van der Waals surface area contributed by atoms with Crippen molar-refractivity contribution < 1.29 is 4.74 Å². The average molecular weight is 221 g/mol. The molecular formula is C10H15N5O. The third kappa shape index (κ3) is 1.56. The molecule has 0 aliphatic carbocycles. The number of rotatable bonds is 3. The van der Waals surface area contributed by atoms with E-state index in [1.165, 1.54) is 4.52 Å². The van der Waals surface area contributed by atoms with Crippen molar-refractivity contribution in [2.45, 2.75) is 27.2 Å². The average Bonchev–Trinajstić information content (AvgIpc) is 2.64. The van der Waals surface area contributed by atoms with E-state index < -0.39 is 0 Å². The van der Waals surface area contributed by atoms with Gasteiger partial charge in [0.2, 0.25) is 11.8 Å². The molecule has 0 spiro atoms. The SMILES string of the molecule is CCCOc1nn2c(N)nnc2c(C)c1C. The predicted octanol–water partition coefficient (Wildman–Crippen LogP) is 1.11. The van der Waals surface area contributed by atoms with Crippen molar-refractivity contribution in [3.63, 3.8) is 0 Å². The van der Waals surface area contributed by atoms with E-state index >= 15 is 0 Å². The predicted molar refractivity (Wildman–Crippen MR) is 60.5 cm³/mol. The zero-order valence-corrected chi connectivity index (χ0v) is 9.69. The Kier molecular flexibility index (Phi) is 2.64. The van der Waals surface area contributed by atoms with Crippen molar-refractivity contribution in [1.29, 1.82) is 0 Å². The zero-order chi connectivity index (χ0) is 11.7. The van der Waals surface area contributed by atoms with Crippen molar-refractivity contribution in [2.24, 2.45) is 0 Å². The van der Waals surface area contributed by atoms with Crippen molar-refractivity contribution in [1.82, 2.24) is 19.8 Å². The molecule has 0 radical (unpaired) electrons. The molecule has 2 N–H and O–H groups in total. The largest absolute Gasteiger partial charge is 0.476 e. The van der Waals surface area contributed by atoms with Crippen LogP contribution in [0.5, 0.6) is 5.88 Å². The summed E-state index contributed by atoms with van der Waals surface area (Å²) in [7, 11) is 0. The Hall–Kier alpha value is -1.85. The van der Waals surface area contributed by atoms with Crippen LogP contribution in [0.3, 0.4) is 0 Å². The van der Waals surface area contributed by atoms with Gasteiger partial charge in [0, 0.05) is 11.1 Å². The number of nitrogens with zero attached hydrogens (tertiary/aromatic N) is 4. The van der Waals surface area contributed by atoms with Crippen LogP contribution >= 0.6 is 0 Å². The number of fused-ring (bicyclic) bond motifs is 1. The molecule has 0 aliphatic heterocycles. The molecule has 0 bridgehead atoms. The molecule has 0 unspecified atom stereocenters. The molecule has 0 aliphatic rings. The summed E-state index contributed by atoms with van der Waals surface area (Å²) in [5.74, 6) is 0.873. The van der Waals surface area contributed by atoms with E-state index in [2.05, 4.69) is 15.3 Å². The van der Waals surface area contributed by atoms with Gasteiger partial charge in [0.05, 0.1) is 6.61 Å². The first kappa shape index (κ1) is 10.7. The quantitative estimate of drug-likeness (QED) is 0.840. The van der Waals surface area contributed by atoms with Crippen LogP contribution < -0.4 is 10.5 Å². The molecule has 6 nitrogen and oxygen atoms in total. The summed E-state index contributed by atoms with van der Waals surface area (Å²) >= 11 is 0. The van der Waals surface area contributed by atoms with E-state index in [0.717, 1.165) is 17.5 Å². The van der Waals surface area contributed by atoms with Crippen molar-refractivity contribution in [2.75, 3.05) is 12.3 Å². The summed E-state index contributed by atoms with van der Waals surface area (Å²) in [4.78, 5) is 0. The smallest absolute Gasteiger partial charge is 0.243 e. The number of nitrogen functional groups attached to an aromatic ring is 1. The summed E-state index contributed by atoms with van der Waals surface area (Å²) in [6.45, 7) is 6.60. The monoisotopic (exact) mass is 221 g/mol. The number of nitrogens with two attached hydrogens (primary N) is 1. The van der Waals surface area contributed by atoms with E-state index in [9.17, 15) is 0 Å². The van der Waals surface area contributed by atoms with Crippen LogP contribution in [0, 0.1) is 13.8 Å². The van der Waals surface area contributed by atoms with Gasteiger partial charge >= 0.3 is 0 Å². The lowest BCUT2D eigenvalue weighted by atomic mass is 10.2. The van der Waals surface area contributed by atoms with E-state index in [1.54, 1.807) is 0 Å². The fourth-order valence-corrected chi connectivity index (χ4v) is 1.45. The van der Waals surface area contributed by atoms with Crippen LogP contribution in [0.15, 0.2) is 0 Å². The van der Waals surface area contributed by atoms with Crippen LogP contribution in [0.4, 0.5) is 5.95 Å². The Labute approximate surface area is 93.4 Å². The molecule has 0 atom stereocenters. The molecule has 0 fully saturated rings. The number of hydrogen-bond acceptors (Lipinski definition) is 5. The Balaban J connectivity index is 2.57. The maximum Gasteiger partial charge on any atom is 0.243 e. The van der Waals surface area contributed by atoms with Crippen molar-refractivity contribution in [3.8, 4) is 5.88 Å². The van der Waals surface area contributed by atoms with Crippen LogP contribution in [-0.4, -0.2) is 26.4 Å². The molecule has 86 valence electrons. The zero-order valence-electron chi connectivity index (χ0n) is 9.69. The minimum Gasteiger partial charge on any atom is -0.476 e. The lowest BCUT2D eigenvalue weighted by Gasteiger charge is -2.09. The molecule has 0 aromatic carbocycles. The molecule has 6 heteroatoms. The first-order chi connectivity index (χ1) is 7.65. The molecule has 2 aromatic heterocycles. The van der Waals surface area contributed by atoms with Gasteiger partial charge in [0.1, 0.15) is 0 Å². The lowest BCUT2D eigenvalue weighted by Crippen LogP contribution is -2.07. The fourth-order valence-electron chi connectivity index (χ4n) is 1.45. The van der Waals surface area contributed by atoms with Crippen molar-refractivity contribution >= 4 is 11.6 Å². The summed E-state index contributed by atoms with van der Waals surface area (Å²) in [6.07, 6.45) is 0.940. The summed E-state index contributed by atoms with van der Waals surface area (Å²) in [5.41, 5.74) is 8.31. The fraction of sp³-hybridized carbons (Fsp3) is 0.500. The number of hydrogen-bond donors (Lipinski definition) is 1. The summed E-state index contributed by atoms with van der Waals surface area (Å²) in [6, 6.07) is 0. The number of anilines is 1. The molecule has 0 saturated carbocycles. The standard InChI is InChI=1S/C10H15N5O/c1-4-5-16-9-7(3)6(2)8-12-13-10(11)15(8)14-9/h4-5H2,1-3H3,(H2,11,13). The van der Waals surface area contributed by atoms with Crippen LogP contribution in [-0.2, 0) is 0 Å². The van der Waals surface area contributed by atoms with Crippen LogP contribution in [0.1, 0.15) is 24.5 Å². The normalized spacial score (nSPS) is 10.9. The van der Waals surface area contributed by atoms with E-state index in [1.807, 2.05) is 20.8 Å². The van der Waals surface area contributed by atoms with Gasteiger partial charge in [-0.25, -0.2) is 0 Å². The van der Waals surface area contributed by atoms with Gasteiger partial charge in [-0.1, -0.05) is 6.92 Å².